The molecule has 0 N–H and O–H groups in total. The molecule has 114 valence electrons. The zero-order chi connectivity index (χ0) is 16.1. The summed E-state index contributed by atoms with van der Waals surface area (Å²) in [6.45, 7) is 0. The molecule has 2 heterocycles. The third-order valence-electron chi connectivity index (χ3n) is 4.19. The molecule has 4 heteroatoms. The van der Waals surface area contributed by atoms with Crippen LogP contribution in [0.4, 0.5) is 0 Å². The van der Waals surface area contributed by atoms with Crippen molar-refractivity contribution >= 4 is 44.6 Å². The van der Waals surface area contributed by atoms with Crippen molar-refractivity contribution in [3.05, 3.63) is 71.9 Å². The van der Waals surface area contributed by atoms with Crippen molar-refractivity contribution in [2.45, 2.75) is 0 Å². The minimum Gasteiger partial charge on any atom is -0.436 e. The molecular formula is C20H11ClN2O. The van der Waals surface area contributed by atoms with Gasteiger partial charge in [0, 0.05) is 21.4 Å². The minimum atomic E-state index is 0.541. The van der Waals surface area contributed by atoms with Crippen molar-refractivity contribution in [1.29, 1.82) is 0 Å². The summed E-state index contributed by atoms with van der Waals surface area (Å²) in [5, 5.41) is 3.86. The molecule has 24 heavy (non-hydrogen) atoms. The van der Waals surface area contributed by atoms with E-state index in [1.165, 1.54) is 0 Å². The standard InChI is InChI=1S/C20H11ClN2O/c21-14-6-3-5-13(10-14)17-11-22-18-16-9-8-12-4-1-2-7-15(12)19(16)24-20(18)23-17/h1-11H. The summed E-state index contributed by atoms with van der Waals surface area (Å²) in [5.41, 5.74) is 3.81. The van der Waals surface area contributed by atoms with E-state index in [9.17, 15) is 0 Å². The fraction of sp³-hybridized carbons (Fsp3) is 0. The van der Waals surface area contributed by atoms with E-state index in [0.717, 1.165) is 38.5 Å². The van der Waals surface area contributed by atoms with Crippen molar-refractivity contribution in [3.8, 4) is 11.3 Å². The maximum absolute atomic E-state index is 6.07. The van der Waals surface area contributed by atoms with Gasteiger partial charge in [-0.05, 0) is 23.6 Å². The van der Waals surface area contributed by atoms with E-state index < -0.39 is 0 Å². The smallest absolute Gasteiger partial charge is 0.246 e. The van der Waals surface area contributed by atoms with Crippen molar-refractivity contribution in [2.24, 2.45) is 0 Å². The van der Waals surface area contributed by atoms with Crippen LogP contribution >= 0.6 is 11.6 Å². The Hall–Kier alpha value is -2.91. The van der Waals surface area contributed by atoms with E-state index in [1.807, 2.05) is 42.5 Å². The van der Waals surface area contributed by atoms with Gasteiger partial charge < -0.3 is 4.42 Å². The lowest BCUT2D eigenvalue weighted by Crippen LogP contribution is -1.86. The fourth-order valence-electron chi connectivity index (χ4n) is 3.05. The zero-order valence-electron chi connectivity index (χ0n) is 12.5. The summed E-state index contributed by atoms with van der Waals surface area (Å²) >= 11 is 6.07. The fourth-order valence-corrected chi connectivity index (χ4v) is 3.24. The van der Waals surface area contributed by atoms with Gasteiger partial charge in [0.15, 0.2) is 0 Å². The molecule has 3 nitrogen and oxygen atoms in total. The van der Waals surface area contributed by atoms with Gasteiger partial charge in [-0.2, -0.15) is 0 Å². The Bertz CT molecular complexity index is 1230. The Balaban J connectivity index is 1.81. The molecule has 0 radical (unpaired) electrons. The summed E-state index contributed by atoms with van der Waals surface area (Å²) in [6.07, 6.45) is 1.76. The van der Waals surface area contributed by atoms with Gasteiger partial charge in [0.1, 0.15) is 11.1 Å². The largest absolute Gasteiger partial charge is 0.436 e. The summed E-state index contributed by atoms with van der Waals surface area (Å²) in [4.78, 5) is 9.23. The third-order valence-corrected chi connectivity index (χ3v) is 4.43. The Labute approximate surface area is 142 Å². The number of benzene rings is 3. The van der Waals surface area contributed by atoms with Gasteiger partial charge in [-0.25, -0.2) is 9.97 Å². The van der Waals surface area contributed by atoms with Gasteiger partial charge in [0.25, 0.3) is 0 Å². The van der Waals surface area contributed by atoms with Gasteiger partial charge in [0.2, 0.25) is 5.71 Å². The maximum Gasteiger partial charge on any atom is 0.246 e. The topological polar surface area (TPSA) is 38.9 Å². The van der Waals surface area contributed by atoms with E-state index in [2.05, 4.69) is 28.2 Å². The lowest BCUT2D eigenvalue weighted by Gasteiger charge is -2.00. The van der Waals surface area contributed by atoms with Crippen LogP contribution in [-0.2, 0) is 0 Å². The third kappa shape index (κ3) is 1.99. The Morgan fingerprint density at radius 2 is 1.79 bits per heavy atom. The number of hydrogen-bond acceptors (Lipinski definition) is 3. The molecule has 3 aromatic carbocycles. The molecule has 0 fully saturated rings. The lowest BCUT2D eigenvalue weighted by atomic mass is 10.1. The Kier molecular flexibility index (Phi) is 2.84. The molecule has 2 aromatic heterocycles. The van der Waals surface area contributed by atoms with E-state index >= 15 is 0 Å². The second-order valence-corrected chi connectivity index (χ2v) is 6.12. The van der Waals surface area contributed by atoms with Crippen LogP contribution in [0.5, 0.6) is 0 Å². The number of hydrogen-bond donors (Lipinski definition) is 0. The predicted octanol–water partition coefficient (Wildman–Crippen LogP) is 5.85. The molecule has 0 saturated carbocycles. The van der Waals surface area contributed by atoms with Crippen LogP contribution in [0.15, 0.2) is 71.3 Å². The number of aromatic nitrogens is 2. The second kappa shape index (κ2) is 5.05. The zero-order valence-corrected chi connectivity index (χ0v) is 13.3. The highest BCUT2D eigenvalue weighted by molar-refractivity contribution is 6.30. The first kappa shape index (κ1) is 13.5. The number of fused-ring (bicyclic) bond motifs is 5. The quantitative estimate of drug-likeness (QED) is 0.387. The number of halogens is 1. The van der Waals surface area contributed by atoms with Crippen LogP contribution in [0.25, 0.3) is 44.2 Å². The summed E-state index contributed by atoms with van der Waals surface area (Å²) in [6, 6.07) is 19.8. The van der Waals surface area contributed by atoms with E-state index in [-0.39, 0.29) is 0 Å². The van der Waals surface area contributed by atoms with Gasteiger partial charge in [-0.15, -0.1) is 0 Å². The molecule has 0 unspecified atom stereocenters. The predicted molar refractivity (Wildman–Crippen MR) is 97.3 cm³/mol. The molecule has 0 spiro atoms. The molecule has 0 aliphatic rings. The molecule has 0 aliphatic heterocycles. The number of rotatable bonds is 1. The molecule has 5 aromatic rings. The van der Waals surface area contributed by atoms with Gasteiger partial charge in [0.05, 0.1) is 11.9 Å². The van der Waals surface area contributed by atoms with E-state index in [4.69, 9.17) is 16.0 Å². The summed E-state index contributed by atoms with van der Waals surface area (Å²) in [5.74, 6) is 0. The minimum absolute atomic E-state index is 0.541. The molecule has 5 rings (SSSR count). The summed E-state index contributed by atoms with van der Waals surface area (Å²) < 4.78 is 6.05. The van der Waals surface area contributed by atoms with Crippen LogP contribution in [0.2, 0.25) is 5.02 Å². The van der Waals surface area contributed by atoms with Crippen LogP contribution in [-0.4, -0.2) is 9.97 Å². The molecule has 0 aliphatic carbocycles. The van der Waals surface area contributed by atoms with Crippen LogP contribution < -0.4 is 0 Å². The lowest BCUT2D eigenvalue weighted by molar-refractivity contribution is 0.657. The van der Waals surface area contributed by atoms with Crippen molar-refractivity contribution in [1.82, 2.24) is 9.97 Å². The first-order chi connectivity index (χ1) is 11.8. The van der Waals surface area contributed by atoms with E-state index in [0.29, 0.717) is 10.7 Å². The second-order valence-electron chi connectivity index (χ2n) is 5.68. The highest BCUT2D eigenvalue weighted by Crippen LogP contribution is 2.33. The van der Waals surface area contributed by atoms with Gasteiger partial charge in [-0.3, -0.25) is 0 Å². The highest BCUT2D eigenvalue weighted by Gasteiger charge is 2.13. The average Bonchev–Trinajstić information content (AvgIpc) is 3.00. The number of nitrogens with zero attached hydrogens (tertiary/aromatic N) is 2. The Morgan fingerprint density at radius 1 is 0.875 bits per heavy atom. The Morgan fingerprint density at radius 3 is 2.71 bits per heavy atom. The van der Waals surface area contributed by atoms with Crippen LogP contribution in [0.1, 0.15) is 0 Å². The maximum atomic E-state index is 6.07. The molecular weight excluding hydrogens is 320 g/mol. The first-order valence-electron chi connectivity index (χ1n) is 7.62. The van der Waals surface area contributed by atoms with Crippen molar-refractivity contribution < 1.29 is 4.42 Å². The number of furan rings is 1. The molecule has 0 saturated heterocycles. The van der Waals surface area contributed by atoms with Crippen molar-refractivity contribution in [3.63, 3.8) is 0 Å². The van der Waals surface area contributed by atoms with Crippen LogP contribution in [0.3, 0.4) is 0 Å². The monoisotopic (exact) mass is 330 g/mol. The molecule has 0 amide bonds. The van der Waals surface area contributed by atoms with E-state index in [1.54, 1.807) is 6.20 Å². The van der Waals surface area contributed by atoms with Crippen molar-refractivity contribution in [2.75, 3.05) is 0 Å². The SMILES string of the molecule is Clc1cccc(-c2cnc3c(n2)oc2c4ccccc4ccc32)c1. The van der Waals surface area contributed by atoms with Crippen LogP contribution in [0, 0.1) is 0 Å². The van der Waals surface area contributed by atoms with Gasteiger partial charge in [-0.1, -0.05) is 54.1 Å². The first-order valence-corrected chi connectivity index (χ1v) is 8.00. The summed E-state index contributed by atoms with van der Waals surface area (Å²) in [7, 11) is 0. The average molecular weight is 331 g/mol. The van der Waals surface area contributed by atoms with Gasteiger partial charge >= 0.3 is 0 Å². The molecule has 0 atom stereocenters. The molecule has 0 bridgehead atoms. The highest BCUT2D eigenvalue weighted by atomic mass is 35.5. The normalized spacial score (nSPS) is 11.5.